The molecule has 2 fully saturated rings. The smallest absolute Gasteiger partial charge is 0.253 e. The molecule has 2 saturated heterocycles. The molecule has 0 bridgehead atoms. The van der Waals surface area contributed by atoms with Gasteiger partial charge in [-0.3, -0.25) is 24.2 Å². The fourth-order valence-electron chi connectivity index (χ4n) is 6.30. The van der Waals surface area contributed by atoms with E-state index in [1.807, 2.05) is 42.4 Å². The summed E-state index contributed by atoms with van der Waals surface area (Å²) in [5.41, 5.74) is 12.3. The zero-order valence-electron chi connectivity index (χ0n) is 23.8. The van der Waals surface area contributed by atoms with E-state index in [-0.39, 0.29) is 24.5 Å². The number of nitrogens with zero attached hydrogens (tertiary/aromatic N) is 5. The molecule has 216 valence electrons. The number of pyridine rings is 1. The molecule has 2 aliphatic heterocycles. The van der Waals surface area contributed by atoms with Crippen LogP contribution >= 0.6 is 0 Å². The molecular formula is C33H36N6O3. The van der Waals surface area contributed by atoms with Crippen molar-refractivity contribution in [2.45, 2.75) is 37.8 Å². The number of aliphatic hydroxyl groups is 1. The third-order valence-electron chi connectivity index (χ3n) is 8.55. The van der Waals surface area contributed by atoms with Gasteiger partial charge in [0.25, 0.3) is 11.8 Å². The Morgan fingerprint density at radius 1 is 0.976 bits per heavy atom. The lowest BCUT2D eigenvalue weighted by atomic mass is 9.96. The molecule has 2 amide bonds. The summed E-state index contributed by atoms with van der Waals surface area (Å²) >= 11 is 0. The van der Waals surface area contributed by atoms with Gasteiger partial charge in [0.05, 0.1) is 24.1 Å². The summed E-state index contributed by atoms with van der Waals surface area (Å²) in [7, 11) is 1.83. The first-order chi connectivity index (χ1) is 20.4. The zero-order chi connectivity index (χ0) is 29.2. The van der Waals surface area contributed by atoms with Crippen LogP contribution < -0.4 is 5.73 Å². The first-order valence-corrected chi connectivity index (χ1v) is 14.5. The van der Waals surface area contributed by atoms with Crippen LogP contribution in [0.1, 0.15) is 57.2 Å². The number of rotatable bonds is 8. The molecule has 0 spiro atoms. The average Bonchev–Trinajstić information content (AvgIpc) is 3.78. The predicted molar refractivity (Wildman–Crippen MR) is 161 cm³/mol. The van der Waals surface area contributed by atoms with Gasteiger partial charge in [0.1, 0.15) is 0 Å². The highest BCUT2D eigenvalue weighted by Gasteiger charge is 2.31. The van der Waals surface area contributed by atoms with Gasteiger partial charge in [-0.25, -0.2) is 0 Å². The number of carbonyl (C=O) groups excluding carboxylic acids is 2. The van der Waals surface area contributed by atoms with Gasteiger partial charge in [0.15, 0.2) is 0 Å². The molecule has 4 heterocycles. The minimum atomic E-state index is -0.528. The molecule has 0 saturated carbocycles. The van der Waals surface area contributed by atoms with Gasteiger partial charge in [-0.15, -0.1) is 0 Å². The third kappa shape index (κ3) is 5.70. The van der Waals surface area contributed by atoms with Crippen LogP contribution in [0.5, 0.6) is 0 Å². The van der Waals surface area contributed by atoms with Crippen LogP contribution in [-0.4, -0.2) is 73.8 Å². The van der Waals surface area contributed by atoms with Crippen LogP contribution in [0.4, 0.5) is 0 Å². The van der Waals surface area contributed by atoms with E-state index in [9.17, 15) is 14.7 Å². The lowest BCUT2D eigenvalue weighted by molar-refractivity contribution is 0.0790. The number of nitrogens with two attached hydrogens (primary N) is 1. The second-order valence-corrected chi connectivity index (χ2v) is 11.4. The van der Waals surface area contributed by atoms with Gasteiger partial charge < -0.3 is 15.7 Å². The van der Waals surface area contributed by atoms with Crippen LogP contribution in [0, 0.1) is 0 Å². The lowest BCUT2D eigenvalue weighted by Gasteiger charge is -2.23. The molecule has 0 radical (unpaired) electrons. The maximum atomic E-state index is 13.6. The van der Waals surface area contributed by atoms with E-state index in [1.165, 1.54) is 5.56 Å². The fourth-order valence-corrected chi connectivity index (χ4v) is 6.30. The summed E-state index contributed by atoms with van der Waals surface area (Å²) in [6.45, 7) is 3.05. The summed E-state index contributed by atoms with van der Waals surface area (Å²) in [6, 6.07) is 18.2. The monoisotopic (exact) mass is 564 g/mol. The number of amides is 2. The second kappa shape index (κ2) is 11.9. The molecule has 42 heavy (non-hydrogen) atoms. The van der Waals surface area contributed by atoms with Crippen LogP contribution in [0.25, 0.3) is 22.3 Å². The molecular weight excluding hydrogens is 528 g/mol. The number of likely N-dealkylation sites (tertiary alicyclic amines) is 2. The summed E-state index contributed by atoms with van der Waals surface area (Å²) in [4.78, 5) is 34.8. The SMILES string of the molecule is Cn1cc(-c2cnc([C@@H]3CCN(C(=O)c4cccc(-c5cccc(CN6CCC[C@@H]6CO)c5)c4)C3)c(C(N)=O)c2)cn1. The largest absolute Gasteiger partial charge is 0.395 e. The number of carbonyl (C=O) groups is 2. The number of aliphatic hydroxyl groups excluding tert-OH is 1. The van der Waals surface area contributed by atoms with Gasteiger partial charge in [0.2, 0.25) is 0 Å². The highest BCUT2D eigenvalue weighted by Crippen LogP contribution is 2.32. The van der Waals surface area contributed by atoms with Gasteiger partial charge in [-0.2, -0.15) is 5.10 Å². The third-order valence-corrected chi connectivity index (χ3v) is 8.55. The molecule has 0 aliphatic carbocycles. The van der Waals surface area contributed by atoms with E-state index in [4.69, 9.17) is 5.73 Å². The van der Waals surface area contributed by atoms with Crippen molar-refractivity contribution in [3.8, 4) is 22.3 Å². The van der Waals surface area contributed by atoms with E-state index in [1.54, 1.807) is 23.1 Å². The zero-order valence-corrected chi connectivity index (χ0v) is 23.8. The second-order valence-electron chi connectivity index (χ2n) is 11.4. The first kappa shape index (κ1) is 27.8. The van der Waals surface area contributed by atoms with Crippen molar-refractivity contribution in [3.63, 3.8) is 0 Å². The first-order valence-electron chi connectivity index (χ1n) is 14.5. The van der Waals surface area contributed by atoms with Crippen LogP contribution in [0.2, 0.25) is 0 Å². The molecule has 9 heteroatoms. The molecule has 0 unspecified atom stereocenters. The molecule has 2 aliphatic rings. The van der Waals surface area contributed by atoms with Gasteiger partial charge in [-0.05, 0) is 66.8 Å². The van der Waals surface area contributed by atoms with Crippen molar-refractivity contribution in [2.75, 3.05) is 26.2 Å². The molecule has 2 aromatic carbocycles. The summed E-state index contributed by atoms with van der Waals surface area (Å²) in [5.74, 6) is -0.641. The standard InChI is InChI=1S/C33H36N6O3/c1-37-19-28(17-36-37)27-15-30(32(34)41)31(35-16-27)26-10-12-39(20-26)33(42)25-8-3-7-24(14-25)23-6-2-5-22(13-23)18-38-11-4-9-29(38)21-40/h2-3,5-8,13-17,19,26,29,40H,4,9-12,18,20-21H2,1H3,(H2,34,41)/t26-,29-/m1/s1. The maximum absolute atomic E-state index is 13.6. The van der Waals surface area contributed by atoms with Crippen molar-refractivity contribution in [3.05, 3.63) is 95.6 Å². The number of primary amides is 1. The van der Waals surface area contributed by atoms with Gasteiger partial charge in [-0.1, -0.05) is 30.3 Å². The Hall–Kier alpha value is -4.34. The predicted octanol–water partition coefficient (Wildman–Crippen LogP) is 3.83. The quantitative estimate of drug-likeness (QED) is 0.336. The molecule has 9 nitrogen and oxygen atoms in total. The summed E-state index contributed by atoms with van der Waals surface area (Å²) in [5, 5.41) is 13.9. The Kier molecular flexibility index (Phi) is 7.86. The Balaban J connectivity index is 1.17. The average molecular weight is 565 g/mol. The molecule has 6 rings (SSSR count). The Morgan fingerprint density at radius 2 is 1.79 bits per heavy atom. The summed E-state index contributed by atoms with van der Waals surface area (Å²) < 4.78 is 1.70. The van der Waals surface area contributed by atoms with E-state index in [2.05, 4.69) is 39.2 Å². The highest BCUT2D eigenvalue weighted by atomic mass is 16.3. The van der Waals surface area contributed by atoms with E-state index >= 15 is 0 Å². The Bertz CT molecular complexity index is 1610. The maximum Gasteiger partial charge on any atom is 0.253 e. The Labute approximate surface area is 245 Å². The van der Waals surface area contributed by atoms with Crippen molar-refractivity contribution in [1.29, 1.82) is 0 Å². The highest BCUT2D eigenvalue weighted by molar-refractivity contribution is 5.97. The van der Waals surface area contributed by atoms with Crippen molar-refractivity contribution < 1.29 is 14.7 Å². The number of aryl methyl sites for hydroxylation is 1. The summed E-state index contributed by atoms with van der Waals surface area (Å²) in [6.07, 6.45) is 8.19. The number of hydrogen-bond donors (Lipinski definition) is 2. The van der Waals surface area contributed by atoms with Crippen molar-refractivity contribution in [2.24, 2.45) is 12.8 Å². The van der Waals surface area contributed by atoms with E-state index in [0.717, 1.165) is 48.2 Å². The van der Waals surface area contributed by atoms with Crippen molar-refractivity contribution >= 4 is 11.8 Å². The van der Waals surface area contributed by atoms with Crippen molar-refractivity contribution in [1.82, 2.24) is 24.6 Å². The van der Waals surface area contributed by atoms with E-state index in [0.29, 0.717) is 36.3 Å². The van der Waals surface area contributed by atoms with E-state index < -0.39 is 5.91 Å². The normalized spacial score (nSPS) is 19.0. The number of aromatic nitrogens is 3. The van der Waals surface area contributed by atoms with Gasteiger partial charge in [0, 0.05) is 67.7 Å². The number of benzene rings is 2. The fraction of sp³-hybridized carbons (Fsp3) is 0.333. The minimum Gasteiger partial charge on any atom is -0.395 e. The lowest BCUT2D eigenvalue weighted by Crippen LogP contribution is -2.31. The minimum absolute atomic E-state index is 0.0361. The molecule has 3 N–H and O–H groups in total. The molecule has 2 aromatic heterocycles. The Morgan fingerprint density at radius 3 is 2.55 bits per heavy atom. The molecule has 2 atom stereocenters. The topological polar surface area (TPSA) is 118 Å². The van der Waals surface area contributed by atoms with Crippen LogP contribution in [0.15, 0.2) is 73.2 Å². The van der Waals surface area contributed by atoms with Crippen LogP contribution in [0.3, 0.4) is 0 Å². The number of hydrogen-bond acceptors (Lipinski definition) is 6. The van der Waals surface area contributed by atoms with Crippen LogP contribution in [-0.2, 0) is 13.6 Å². The molecule has 4 aromatic rings. The van der Waals surface area contributed by atoms with Gasteiger partial charge >= 0.3 is 0 Å².